The Morgan fingerprint density at radius 2 is 2.23 bits per heavy atom. The van der Waals surface area contributed by atoms with Gasteiger partial charge in [0, 0.05) is 12.5 Å². The van der Waals surface area contributed by atoms with Gasteiger partial charge < -0.3 is 16.3 Å². The lowest BCUT2D eigenvalue weighted by atomic mass is 10.1. The van der Waals surface area contributed by atoms with Crippen LogP contribution < -0.4 is 11.1 Å². The third-order valence-electron chi connectivity index (χ3n) is 2.04. The topological polar surface area (TPSA) is 70.6 Å². The Hall–Kier alpha value is -0.770. The first-order valence-corrected chi connectivity index (χ1v) is 4.94. The van der Waals surface area contributed by atoms with E-state index in [-0.39, 0.29) is 0 Å². The van der Waals surface area contributed by atoms with Crippen molar-refractivity contribution in [3.63, 3.8) is 0 Å². The van der Waals surface area contributed by atoms with Crippen molar-refractivity contribution < 1.29 is 5.21 Å². The summed E-state index contributed by atoms with van der Waals surface area (Å²) in [5, 5.41) is 14.7. The molecule has 0 amide bonds. The summed E-state index contributed by atoms with van der Waals surface area (Å²) in [6, 6.07) is 0.336. The van der Waals surface area contributed by atoms with E-state index in [0.29, 0.717) is 18.3 Å². The number of rotatable bonds is 7. The minimum atomic E-state index is 0.302. The molecular formula is C9H21N3O. The zero-order valence-corrected chi connectivity index (χ0v) is 8.58. The van der Waals surface area contributed by atoms with Crippen LogP contribution >= 0.6 is 0 Å². The van der Waals surface area contributed by atoms with Crippen molar-refractivity contribution in [2.45, 2.75) is 45.6 Å². The second-order valence-electron chi connectivity index (χ2n) is 3.21. The third-order valence-corrected chi connectivity index (χ3v) is 2.04. The smallest absolute Gasteiger partial charge is 0.140 e. The molecule has 0 saturated carbocycles. The van der Waals surface area contributed by atoms with Crippen molar-refractivity contribution in [1.82, 2.24) is 5.32 Å². The van der Waals surface area contributed by atoms with Crippen LogP contribution in [0.1, 0.15) is 39.5 Å². The van der Waals surface area contributed by atoms with Crippen molar-refractivity contribution in [3.8, 4) is 0 Å². The molecule has 0 rings (SSSR count). The van der Waals surface area contributed by atoms with Crippen LogP contribution in [0.4, 0.5) is 0 Å². The number of nitrogens with two attached hydrogens (primary N) is 1. The highest BCUT2D eigenvalue weighted by Gasteiger charge is 2.06. The Morgan fingerprint density at radius 3 is 2.69 bits per heavy atom. The summed E-state index contributed by atoms with van der Waals surface area (Å²) in [4.78, 5) is 0. The van der Waals surface area contributed by atoms with Gasteiger partial charge in [0.2, 0.25) is 0 Å². The van der Waals surface area contributed by atoms with Crippen molar-refractivity contribution in [1.29, 1.82) is 0 Å². The summed E-state index contributed by atoms with van der Waals surface area (Å²) in [6.07, 6.45) is 3.98. The van der Waals surface area contributed by atoms with Crippen LogP contribution in [0.2, 0.25) is 0 Å². The predicted molar refractivity (Wildman–Crippen MR) is 55.0 cm³/mol. The van der Waals surface area contributed by atoms with Gasteiger partial charge in [0.15, 0.2) is 0 Å². The van der Waals surface area contributed by atoms with E-state index in [9.17, 15) is 0 Å². The van der Waals surface area contributed by atoms with Gasteiger partial charge in [0.1, 0.15) is 5.84 Å². The molecule has 0 aliphatic rings. The van der Waals surface area contributed by atoms with Crippen LogP contribution in [0.5, 0.6) is 0 Å². The molecule has 4 heteroatoms. The van der Waals surface area contributed by atoms with Crippen molar-refractivity contribution in [2.75, 3.05) is 6.54 Å². The zero-order valence-electron chi connectivity index (χ0n) is 8.58. The summed E-state index contributed by atoms with van der Waals surface area (Å²) in [5.74, 6) is 0.302. The fourth-order valence-electron chi connectivity index (χ4n) is 1.14. The van der Waals surface area contributed by atoms with Gasteiger partial charge in [-0.05, 0) is 19.4 Å². The monoisotopic (exact) mass is 187 g/mol. The highest BCUT2D eigenvalue weighted by Crippen LogP contribution is 1.98. The van der Waals surface area contributed by atoms with E-state index in [2.05, 4.69) is 24.3 Å². The molecule has 0 aromatic heterocycles. The fourth-order valence-corrected chi connectivity index (χ4v) is 1.14. The standard InChI is InChI=1S/C9H21N3O/c1-3-5-6-11-8(4-2)7-9(10)12-13/h8,11,13H,3-7H2,1-2H3,(H2,10,12). The maximum Gasteiger partial charge on any atom is 0.140 e. The molecule has 1 atom stereocenters. The van der Waals surface area contributed by atoms with Gasteiger partial charge in [-0.2, -0.15) is 0 Å². The van der Waals surface area contributed by atoms with Crippen LogP contribution in [0.25, 0.3) is 0 Å². The predicted octanol–water partition coefficient (Wildman–Crippen LogP) is 1.29. The number of unbranched alkanes of at least 4 members (excludes halogenated alkanes) is 1. The molecule has 1 unspecified atom stereocenters. The highest BCUT2D eigenvalue weighted by atomic mass is 16.4. The van der Waals surface area contributed by atoms with Crippen LogP contribution in [0.3, 0.4) is 0 Å². The van der Waals surface area contributed by atoms with E-state index in [1.165, 1.54) is 12.8 Å². The number of oxime groups is 1. The van der Waals surface area contributed by atoms with Gasteiger partial charge >= 0.3 is 0 Å². The van der Waals surface area contributed by atoms with Crippen molar-refractivity contribution >= 4 is 5.84 Å². The number of hydrogen-bond acceptors (Lipinski definition) is 3. The summed E-state index contributed by atoms with van der Waals surface area (Å²) in [5.41, 5.74) is 5.41. The van der Waals surface area contributed by atoms with E-state index in [1.54, 1.807) is 0 Å². The molecule has 0 aromatic rings. The quantitative estimate of drug-likeness (QED) is 0.185. The lowest BCUT2D eigenvalue weighted by Gasteiger charge is -2.15. The van der Waals surface area contributed by atoms with Gasteiger partial charge in [-0.15, -0.1) is 0 Å². The van der Waals surface area contributed by atoms with Crippen molar-refractivity contribution in [3.05, 3.63) is 0 Å². The van der Waals surface area contributed by atoms with Crippen LogP contribution in [0.15, 0.2) is 5.16 Å². The van der Waals surface area contributed by atoms with Crippen LogP contribution in [0, 0.1) is 0 Å². The Balaban J connectivity index is 3.63. The van der Waals surface area contributed by atoms with Gasteiger partial charge in [0.05, 0.1) is 0 Å². The number of amidine groups is 1. The summed E-state index contributed by atoms with van der Waals surface area (Å²) >= 11 is 0. The molecule has 0 fully saturated rings. The second-order valence-corrected chi connectivity index (χ2v) is 3.21. The first-order chi connectivity index (χ1) is 6.24. The third kappa shape index (κ3) is 6.40. The van der Waals surface area contributed by atoms with E-state index < -0.39 is 0 Å². The average Bonchev–Trinajstić information content (AvgIpc) is 2.16. The van der Waals surface area contributed by atoms with E-state index >= 15 is 0 Å². The summed E-state index contributed by atoms with van der Waals surface area (Å²) < 4.78 is 0. The Kier molecular flexibility index (Phi) is 7.39. The molecule has 0 aromatic carbocycles. The molecule has 0 heterocycles. The molecule has 78 valence electrons. The molecule has 0 aliphatic heterocycles. The van der Waals surface area contributed by atoms with Gasteiger partial charge in [-0.3, -0.25) is 0 Å². The average molecular weight is 187 g/mol. The molecule has 0 radical (unpaired) electrons. The largest absolute Gasteiger partial charge is 0.409 e. The zero-order chi connectivity index (χ0) is 10.1. The van der Waals surface area contributed by atoms with E-state index in [0.717, 1.165) is 13.0 Å². The Labute approximate surface area is 80.2 Å². The number of nitrogens with zero attached hydrogens (tertiary/aromatic N) is 1. The van der Waals surface area contributed by atoms with Crippen LogP contribution in [-0.2, 0) is 0 Å². The molecular weight excluding hydrogens is 166 g/mol. The molecule has 13 heavy (non-hydrogen) atoms. The molecule has 0 bridgehead atoms. The lowest BCUT2D eigenvalue weighted by Crippen LogP contribution is -2.33. The lowest BCUT2D eigenvalue weighted by molar-refractivity contribution is 0.315. The maximum absolute atomic E-state index is 8.39. The fraction of sp³-hybridized carbons (Fsp3) is 0.889. The first kappa shape index (κ1) is 12.2. The normalized spacial score (nSPS) is 14.5. The molecule has 0 spiro atoms. The summed E-state index contributed by atoms with van der Waals surface area (Å²) in [6.45, 7) is 5.26. The molecule has 4 nitrogen and oxygen atoms in total. The molecule has 0 aliphatic carbocycles. The first-order valence-electron chi connectivity index (χ1n) is 4.94. The Bertz CT molecular complexity index is 148. The van der Waals surface area contributed by atoms with Gasteiger partial charge in [-0.25, -0.2) is 0 Å². The van der Waals surface area contributed by atoms with E-state index in [1.807, 2.05) is 0 Å². The number of nitrogens with one attached hydrogen (secondary N) is 1. The minimum Gasteiger partial charge on any atom is -0.409 e. The Morgan fingerprint density at radius 1 is 1.54 bits per heavy atom. The highest BCUT2D eigenvalue weighted by molar-refractivity contribution is 5.80. The molecule has 0 saturated heterocycles. The van der Waals surface area contributed by atoms with Gasteiger partial charge in [0.25, 0.3) is 0 Å². The second kappa shape index (κ2) is 7.86. The number of hydrogen-bond donors (Lipinski definition) is 3. The minimum absolute atomic E-state index is 0.302. The van der Waals surface area contributed by atoms with Crippen molar-refractivity contribution in [2.24, 2.45) is 10.9 Å². The SMILES string of the molecule is CCCCNC(CC)CC(N)=NO. The van der Waals surface area contributed by atoms with E-state index in [4.69, 9.17) is 10.9 Å². The summed E-state index contributed by atoms with van der Waals surface area (Å²) in [7, 11) is 0. The molecule has 4 N–H and O–H groups in total. The van der Waals surface area contributed by atoms with Gasteiger partial charge in [-0.1, -0.05) is 25.4 Å². The van der Waals surface area contributed by atoms with Crippen LogP contribution in [-0.4, -0.2) is 23.6 Å². The maximum atomic E-state index is 8.39.